The first-order chi connectivity index (χ1) is 8.78. The first-order valence-electron chi connectivity index (χ1n) is 6.79. The molecular formula is C13H24N2O4. The van der Waals surface area contributed by atoms with Crippen molar-refractivity contribution in [2.45, 2.75) is 39.2 Å². The van der Waals surface area contributed by atoms with Gasteiger partial charge in [0.25, 0.3) is 0 Å². The van der Waals surface area contributed by atoms with Crippen LogP contribution in [0, 0.1) is 0 Å². The van der Waals surface area contributed by atoms with Crippen LogP contribution < -0.4 is 10.0 Å². The summed E-state index contributed by atoms with van der Waals surface area (Å²) >= 11 is 0. The molecule has 0 aromatic heterocycles. The van der Waals surface area contributed by atoms with E-state index < -0.39 is 11.6 Å². The summed E-state index contributed by atoms with van der Waals surface area (Å²) in [6.45, 7) is 9.02. The van der Waals surface area contributed by atoms with Crippen LogP contribution in [0.15, 0.2) is 0 Å². The van der Waals surface area contributed by atoms with Gasteiger partial charge in [-0.15, -0.1) is 0 Å². The minimum atomic E-state index is -1.01. The maximum absolute atomic E-state index is 11.9. The maximum atomic E-state index is 11.9. The summed E-state index contributed by atoms with van der Waals surface area (Å²) in [5.74, 6) is -1.01. The van der Waals surface area contributed by atoms with Gasteiger partial charge in [0.1, 0.15) is 5.60 Å². The first-order valence-corrected chi connectivity index (χ1v) is 6.79. The normalized spacial score (nSPS) is 20.8. The van der Waals surface area contributed by atoms with Crippen molar-refractivity contribution in [2.75, 3.05) is 32.7 Å². The van der Waals surface area contributed by atoms with Gasteiger partial charge in [-0.05, 0) is 20.8 Å². The molecule has 0 aliphatic carbocycles. The van der Waals surface area contributed by atoms with Crippen LogP contribution in [0.2, 0.25) is 0 Å². The minimum absolute atomic E-state index is 0.0712. The van der Waals surface area contributed by atoms with E-state index >= 15 is 0 Å². The number of carbonyl (C=O) groups excluding carboxylic acids is 2. The van der Waals surface area contributed by atoms with Crippen LogP contribution >= 0.6 is 0 Å². The van der Waals surface area contributed by atoms with E-state index in [9.17, 15) is 14.7 Å². The Kier molecular flexibility index (Phi) is 5.60. The number of ether oxygens (including phenoxy) is 1. The molecule has 0 saturated carbocycles. The Morgan fingerprint density at radius 1 is 1.26 bits per heavy atom. The van der Waals surface area contributed by atoms with Gasteiger partial charge in [-0.1, -0.05) is 0 Å². The predicted molar refractivity (Wildman–Crippen MR) is 67.6 cm³/mol. The van der Waals surface area contributed by atoms with Gasteiger partial charge >= 0.3 is 6.09 Å². The van der Waals surface area contributed by atoms with Crippen molar-refractivity contribution in [1.82, 2.24) is 4.90 Å². The molecule has 1 heterocycles. The Bertz CT molecular complexity index is 325. The number of hydrogen-bond donors (Lipinski definition) is 1. The minimum Gasteiger partial charge on any atom is -0.550 e. The van der Waals surface area contributed by atoms with Crippen molar-refractivity contribution in [3.05, 3.63) is 0 Å². The van der Waals surface area contributed by atoms with Gasteiger partial charge in [0.05, 0.1) is 26.2 Å². The zero-order chi connectivity index (χ0) is 14.5. The summed E-state index contributed by atoms with van der Waals surface area (Å²) < 4.78 is 5.34. The highest BCUT2D eigenvalue weighted by atomic mass is 16.6. The molecule has 6 nitrogen and oxygen atoms in total. The predicted octanol–water partition coefficient (Wildman–Crippen LogP) is -1.35. The lowest BCUT2D eigenvalue weighted by molar-refractivity contribution is -0.897. The van der Waals surface area contributed by atoms with E-state index in [4.69, 9.17) is 4.74 Å². The number of quaternary nitrogens is 1. The molecule has 1 fully saturated rings. The molecule has 0 spiro atoms. The number of carbonyl (C=O) groups is 2. The molecule has 0 radical (unpaired) electrons. The number of rotatable bonds is 3. The number of amides is 1. The van der Waals surface area contributed by atoms with Gasteiger partial charge in [0.15, 0.2) is 0 Å². The maximum Gasteiger partial charge on any atom is 0.410 e. The summed E-state index contributed by atoms with van der Waals surface area (Å²) in [5, 5.41) is 10.4. The average Bonchev–Trinajstić information content (AvgIpc) is 2.49. The molecule has 1 amide bonds. The molecule has 19 heavy (non-hydrogen) atoms. The molecular weight excluding hydrogens is 248 g/mol. The standard InChI is InChI=1S/C13H24N2O4/c1-13(2,3)19-12(18)15-7-4-6-14(9-10-15)8-5-11(16)17/h4-10H2,1-3H3,(H,16,17). The second-order valence-electron chi connectivity index (χ2n) is 5.94. The third-order valence-corrected chi connectivity index (χ3v) is 3.03. The lowest BCUT2D eigenvalue weighted by Gasteiger charge is -2.25. The van der Waals surface area contributed by atoms with Gasteiger partial charge in [0.2, 0.25) is 0 Å². The highest BCUT2D eigenvalue weighted by Gasteiger charge is 2.25. The van der Waals surface area contributed by atoms with Gasteiger partial charge in [-0.25, -0.2) is 4.79 Å². The van der Waals surface area contributed by atoms with E-state index in [0.717, 1.165) is 19.5 Å². The third-order valence-electron chi connectivity index (χ3n) is 3.03. The Hall–Kier alpha value is -1.30. The number of carboxylic acids is 1. The molecule has 0 bridgehead atoms. The van der Waals surface area contributed by atoms with Crippen molar-refractivity contribution >= 4 is 12.1 Å². The molecule has 6 heteroatoms. The average molecular weight is 272 g/mol. The lowest BCUT2D eigenvalue weighted by Crippen LogP contribution is -3.12. The fourth-order valence-corrected chi connectivity index (χ4v) is 2.09. The second kappa shape index (κ2) is 6.75. The van der Waals surface area contributed by atoms with Crippen molar-refractivity contribution in [3.63, 3.8) is 0 Å². The Labute approximate surface area is 114 Å². The Morgan fingerprint density at radius 2 is 1.95 bits per heavy atom. The van der Waals surface area contributed by atoms with E-state index in [1.165, 1.54) is 4.90 Å². The Balaban J connectivity index is 2.41. The molecule has 0 aromatic carbocycles. The van der Waals surface area contributed by atoms with Crippen molar-refractivity contribution < 1.29 is 24.3 Å². The molecule has 1 atom stereocenters. The van der Waals surface area contributed by atoms with Crippen molar-refractivity contribution in [1.29, 1.82) is 0 Å². The Morgan fingerprint density at radius 3 is 2.53 bits per heavy atom. The van der Waals surface area contributed by atoms with Crippen LogP contribution in [-0.4, -0.2) is 55.3 Å². The van der Waals surface area contributed by atoms with Crippen LogP contribution in [-0.2, 0) is 9.53 Å². The van der Waals surface area contributed by atoms with E-state index in [0.29, 0.717) is 19.6 Å². The van der Waals surface area contributed by atoms with Gasteiger partial charge in [-0.3, -0.25) is 0 Å². The fraction of sp³-hybridized carbons (Fsp3) is 0.846. The van der Waals surface area contributed by atoms with Crippen molar-refractivity contribution in [2.24, 2.45) is 0 Å². The van der Waals surface area contributed by atoms with Crippen LogP contribution in [0.3, 0.4) is 0 Å². The summed E-state index contributed by atoms with van der Waals surface area (Å²) in [4.78, 5) is 25.3. The van der Waals surface area contributed by atoms with Crippen molar-refractivity contribution in [3.8, 4) is 0 Å². The SMILES string of the molecule is CC(C)(C)OC(=O)N1CCC[NH+](CCC(=O)[O-])CC1. The number of nitrogens with zero attached hydrogens (tertiary/aromatic N) is 1. The summed E-state index contributed by atoms with van der Waals surface area (Å²) in [7, 11) is 0. The topological polar surface area (TPSA) is 74.1 Å². The number of aliphatic carboxylic acids is 1. The number of carboxylic acid groups (broad SMARTS) is 1. The third kappa shape index (κ3) is 6.42. The number of hydrogen-bond acceptors (Lipinski definition) is 4. The molecule has 1 unspecified atom stereocenters. The van der Waals surface area contributed by atoms with E-state index in [1.54, 1.807) is 4.90 Å². The largest absolute Gasteiger partial charge is 0.550 e. The molecule has 1 saturated heterocycles. The van der Waals surface area contributed by atoms with Crippen LogP contribution in [0.5, 0.6) is 0 Å². The molecule has 1 aliphatic heterocycles. The molecule has 1 rings (SSSR count). The monoisotopic (exact) mass is 272 g/mol. The van der Waals surface area contributed by atoms with Crippen LogP contribution in [0.1, 0.15) is 33.6 Å². The second-order valence-corrected chi connectivity index (χ2v) is 5.94. The molecule has 110 valence electrons. The molecule has 1 N–H and O–H groups in total. The highest BCUT2D eigenvalue weighted by molar-refractivity contribution is 5.68. The van der Waals surface area contributed by atoms with E-state index in [1.807, 2.05) is 20.8 Å². The van der Waals surface area contributed by atoms with Gasteiger partial charge in [-0.2, -0.15) is 0 Å². The summed E-state index contributed by atoms with van der Waals surface area (Å²) in [5.41, 5.74) is -0.481. The zero-order valence-corrected chi connectivity index (χ0v) is 12.0. The van der Waals surface area contributed by atoms with Gasteiger partial charge < -0.3 is 24.4 Å². The van der Waals surface area contributed by atoms with Gasteiger partial charge in [0, 0.05) is 25.4 Å². The summed E-state index contributed by atoms with van der Waals surface area (Å²) in [6.07, 6.45) is 0.650. The molecule has 1 aliphatic rings. The lowest BCUT2D eigenvalue weighted by atomic mass is 10.2. The molecule has 0 aromatic rings. The number of nitrogens with one attached hydrogen (secondary N) is 1. The van der Waals surface area contributed by atoms with E-state index in [2.05, 4.69) is 0 Å². The first kappa shape index (κ1) is 15.8. The van der Waals surface area contributed by atoms with Crippen LogP contribution in [0.4, 0.5) is 4.79 Å². The smallest absolute Gasteiger partial charge is 0.410 e. The zero-order valence-electron chi connectivity index (χ0n) is 12.0. The van der Waals surface area contributed by atoms with E-state index in [-0.39, 0.29) is 12.5 Å². The quantitative estimate of drug-likeness (QED) is 0.689. The van der Waals surface area contributed by atoms with Crippen LogP contribution in [0.25, 0.3) is 0 Å². The highest BCUT2D eigenvalue weighted by Crippen LogP contribution is 2.10. The summed E-state index contributed by atoms with van der Waals surface area (Å²) in [6, 6.07) is 0. The fourth-order valence-electron chi connectivity index (χ4n) is 2.09.